The smallest absolute Gasteiger partial charge is 0.219 e. The van der Waals surface area contributed by atoms with Crippen LogP contribution in [0.1, 0.15) is 18.2 Å². The molecule has 0 N–H and O–H groups in total. The standard InChI is InChI=1S/C24H30N6O/c1-18(31)30-10-9-29(14-19-6-7-23-21(11-19)5-4-8-25-23)15-20(16-30)12-22-13-24(28(2)3)27-17-26-22/h4-8,11,13,17,20H,9-10,12,14-16H2,1-3H3/t20-/m0/s1. The summed E-state index contributed by atoms with van der Waals surface area (Å²) < 4.78 is 0. The molecule has 0 bridgehead atoms. The minimum Gasteiger partial charge on any atom is -0.363 e. The molecule has 3 aromatic rings. The average Bonchev–Trinajstić information content (AvgIpc) is 2.96. The summed E-state index contributed by atoms with van der Waals surface area (Å²) in [7, 11) is 3.96. The number of amides is 1. The summed E-state index contributed by atoms with van der Waals surface area (Å²) >= 11 is 0. The van der Waals surface area contributed by atoms with Crippen molar-refractivity contribution in [2.75, 3.05) is 45.2 Å². The number of nitrogens with zero attached hydrogens (tertiary/aromatic N) is 6. The van der Waals surface area contributed by atoms with Crippen molar-refractivity contribution in [2.45, 2.75) is 19.9 Å². The van der Waals surface area contributed by atoms with Gasteiger partial charge in [0.15, 0.2) is 0 Å². The number of fused-ring (bicyclic) bond motifs is 1. The summed E-state index contributed by atoms with van der Waals surface area (Å²) in [6.45, 7) is 5.84. The van der Waals surface area contributed by atoms with Gasteiger partial charge in [0.1, 0.15) is 12.1 Å². The summed E-state index contributed by atoms with van der Waals surface area (Å²) in [6.07, 6.45) is 4.28. The third kappa shape index (κ3) is 5.35. The molecule has 1 amide bonds. The van der Waals surface area contributed by atoms with Crippen LogP contribution in [0.3, 0.4) is 0 Å². The van der Waals surface area contributed by atoms with Crippen LogP contribution in [0.15, 0.2) is 48.9 Å². The summed E-state index contributed by atoms with van der Waals surface area (Å²) in [4.78, 5) is 31.8. The first kappa shape index (κ1) is 21.2. The molecule has 162 valence electrons. The minimum absolute atomic E-state index is 0.139. The van der Waals surface area contributed by atoms with Crippen LogP contribution in [0.4, 0.5) is 5.82 Å². The molecule has 1 aliphatic heterocycles. The Bertz CT molecular complexity index is 1050. The van der Waals surface area contributed by atoms with Crippen LogP contribution in [0.5, 0.6) is 0 Å². The van der Waals surface area contributed by atoms with Crippen molar-refractivity contribution in [3.8, 4) is 0 Å². The molecule has 0 saturated carbocycles. The van der Waals surface area contributed by atoms with E-state index in [-0.39, 0.29) is 5.91 Å². The molecule has 4 rings (SSSR count). The van der Waals surface area contributed by atoms with Crippen molar-refractivity contribution in [1.29, 1.82) is 0 Å². The lowest BCUT2D eigenvalue weighted by atomic mass is 10.0. The summed E-state index contributed by atoms with van der Waals surface area (Å²) in [5, 5.41) is 1.16. The summed E-state index contributed by atoms with van der Waals surface area (Å²) in [5.41, 5.74) is 3.31. The first-order chi connectivity index (χ1) is 15.0. The first-order valence-electron chi connectivity index (χ1n) is 10.8. The van der Waals surface area contributed by atoms with Gasteiger partial charge in [0, 0.05) is 77.1 Å². The average molecular weight is 419 g/mol. The molecular formula is C24H30N6O. The van der Waals surface area contributed by atoms with E-state index in [0.29, 0.717) is 5.92 Å². The fourth-order valence-corrected chi connectivity index (χ4v) is 4.26. The number of anilines is 1. The molecule has 0 aliphatic carbocycles. The van der Waals surface area contributed by atoms with Crippen molar-refractivity contribution in [3.63, 3.8) is 0 Å². The fourth-order valence-electron chi connectivity index (χ4n) is 4.26. The van der Waals surface area contributed by atoms with Gasteiger partial charge in [-0.2, -0.15) is 0 Å². The Morgan fingerprint density at radius 2 is 1.97 bits per heavy atom. The number of aromatic nitrogens is 3. The molecule has 31 heavy (non-hydrogen) atoms. The zero-order valence-corrected chi connectivity index (χ0v) is 18.5. The molecule has 0 spiro atoms. The largest absolute Gasteiger partial charge is 0.363 e. The SMILES string of the molecule is CC(=O)N1CCN(Cc2ccc3ncccc3c2)C[C@H](Cc2cc(N(C)C)ncn2)C1. The lowest BCUT2D eigenvalue weighted by Gasteiger charge is -2.24. The fraction of sp³-hybridized carbons (Fsp3) is 0.417. The quantitative estimate of drug-likeness (QED) is 0.635. The van der Waals surface area contributed by atoms with Crippen molar-refractivity contribution in [2.24, 2.45) is 5.92 Å². The molecule has 1 atom stereocenters. The predicted molar refractivity (Wildman–Crippen MR) is 123 cm³/mol. The van der Waals surface area contributed by atoms with E-state index in [1.54, 1.807) is 13.3 Å². The number of hydrogen-bond acceptors (Lipinski definition) is 6. The molecule has 0 unspecified atom stereocenters. The van der Waals surface area contributed by atoms with Gasteiger partial charge in [0.25, 0.3) is 0 Å². The van der Waals surface area contributed by atoms with E-state index in [9.17, 15) is 4.79 Å². The molecule has 1 fully saturated rings. The Hall–Kier alpha value is -3.06. The molecule has 3 heterocycles. The Morgan fingerprint density at radius 3 is 2.77 bits per heavy atom. The van der Waals surface area contributed by atoms with E-state index in [1.807, 2.05) is 42.2 Å². The van der Waals surface area contributed by atoms with Crippen LogP contribution in [0, 0.1) is 5.92 Å². The van der Waals surface area contributed by atoms with Gasteiger partial charge in [-0.25, -0.2) is 9.97 Å². The second-order valence-corrected chi connectivity index (χ2v) is 8.56. The van der Waals surface area contributed by atoms with Gasteiger partial charge in [0.2, 0.25) is 5.91 Å². The summed E-state index contributed by atoms with van der Waals surface area (Å²) in [6, 6.07) is 12.6. The van der Waals surface area contributed by atoms with Crippen LogP contribution in [0.25, 0.3) is 10.9 Å². The van der Waals surface area contributed by atoms with E-state index in [0.717, 1.165) is 61.6 Å². The monoisotopic (exact) mass is 418 g/mol. The van der Waals surface area contributed by atoms with Crippen LogP contribution in [0.2, 0.25) is 0 Å². The van der Waals surface area contributed by atoms with E-state index in [1.165, 1.54) is 5.56 Å². The van der Waals surface area contributed by atoms with Gasteiger partial charge in [-0.05, 0) is 36.1 Å². The second-order valence-electron chi connectivity index (χ2n) is 8.56. The maximum atomic E-state index is 12.2. The number of hydrogen-bond donors (Lipinski definition) is 0. The van der Waals surface area contributed by atoms with Gasteiger partial charge in [-0.15, -0.1) is 0 Å². The van der Waals surface area contributed by atoms with E-state index in [4.69, 9.17) is 0 Å². The maximum absolute atomic E-state index is 12.2. The Morgan fingerprint density at radius 1 is 1.10 bits per heavy atom. The third-order valence-electron chi connectivity index (χ3n) is 5.87. The lowest BCUT2D eigenvalue weighted by Crippen LogP contribution is -2.34. The molecule has 1 saturated heterocycles. The second kappa shape index (κ2) is 9.39. The van der Waals surface area contributed by atoms with Gasteiger partial charge >= 0.3 is 0 Å². The molecule has 7 heteroatoms. The minimum atomic E-state index is 0.139. The maximum Gasteiger partial charge on any atom is 0.219 e. The normalized spacial score (nSPS) is 17.5. The molecule has 2 aromatic heterocycles. The van der Waals surface area contributed by atoms with Crippen LogP contribution >= 0.6 is 0 Å². The van der Waals surface area contributed by atoms with Crippen molar-refractivity contribution < 1.29 is 4.79 Å². The third-order valence-corrected chi connectivity index (χ3v) is 5.87. The topological polar surface area (TPSA) is 65.5 Å². The lowest BCUT2D eigenvalue weighted by molar-refractivity contribution is -0.129. The van der Waals surface area contributed by atoms with Crippen LogP contribution in [-0.4, -0.2) is 70.9 Å². The van der Waals surface area contributed by atoms with Crippen molar-refractivity contribution >= 4 is 22.6 Å². The van der Waals surface area contributed by atoms with Gasteiger partial charge in [-0.3, -0.25) is 14.7 Å². The van der Waals surface area contributed by atoms with Gasteiger partial charge in [-0.1, -0.05) is 12.1 Å². The van der Waals surface area contributed by atoms with Gasteiger partial charge < -0.3 is 9.80 Å². The highest BCUT2D eigenvalue weighted by Gasteiger charge is 2.25. The number of benzene rings is 1. The highest BCUT2D eigenvalue weighted by molar-refractivity contribution is 5.78. The first-order valence-corrected chi connectivity index (χ1v) is 10.8. The van der Waals surface area contributed by atoms with Crippen molar-refractivity contribution in [3.05, 3.63) is 60.2 Å². The van der Waals surface area contributed by atoms with Crippen LogP contribution < -0.4 is 4.90 Å². The van der Waals surface area contributed by atoms with Gasteiger partial charge in [0.05, 0.1) is 5.52 Å². The Labute approximate surface area is 183 Å². The number of pyridine rings is 1. The van der Waals surface area contributed by atoms with E-state index < -0.39 is 0 Å². The number of carbonyl (C=O) groups excluding carboxylic acids is 1. The number of rotatable bonds is 5. The van der Waals surface area contributed by atoms with Crippen molar-refractivity contribution in [1.82, 2.24) is 24.8 Å². The predicted octanol–water partition coefficient (Wildman–Crippen LogP) is 2.61. The molecule has 7 nitrogen and oxygen atoms in total. The zero-order chi connectivity index (χ0) is 21.8. The summed E-state index contributed by atoms with van der Waals surface area (Å²) in [5.74, 6) is 1.36. The highest BCUT2D eigenvalue weighted by atomic mass is 16.2. The number of carbonyl (C=O) groups is 1. The van der Waals surface area contributed by atoms with E-state index in [2.05, 4.69) is 44.1 Å². The van der Waals surface area contributed by atoms with E-state index >= 15 is 0 Å². The molecular weight excluding hydrogens is 388 g/mol. The molecule has 1 aromatic carbocycles. The Kier molecular flexibility index (Phi) is 6.42. The Balaban J connectivity index is 1.51. The highest BCUT2D eigenvalue weighted by Crippen LogP contribution is 2.20. The zero-order valence-electron chi connectivity index (χ0n) is 18.5. The molecule has 0 radical (unpaired) electrons. The van der Waals surface area contributed by atoms with Crippen LogP contribution in [-0.2, 0) is 17.8 Å². The molecule has 1 aliphatic rings.